The van der Waals surface area contributed by atoms with E-state index in [4.69, 9.17) is 19.7 Å². The molecule has 0 amide bonds. The number of aliphatic carboxylic acids is 1. The number of carbonyl (C=O) groups excluding carboxylic acids is 2. The Hall–Kier alpha value is -8.43. The molecule has 0 aliphatic rings. The predicted molar refractivity (Wildman–Crippen MR) is 400 cm³/mol. The Morgan fingerprint density at radius 3 is 0.948 bits per heavy atom. The van der Waals surface area contributed by atoms with Crippen LogP contribution < -0.4 is 14.2 Å². The van der Waals surface area contributed by atoms with Gasteiger partial charge in [-0.1, -0.05) is 109 Å². The zero-order valence-electron chi connectivity index (χ0n) is 51.1. The average molecular weight is 1800 g/mol. The van der Waals surface area contributed by atoms with Crippen molar-refractivity contribution in [3.05, 3.63) is 307 Å². The van der Waals surface area contributed by atoms with Crippen LogP contribution >= 0.6 is 90.4 Å². The van der Waals surface area contributed by atoms with Gasteiger partial charge in [-0.2, -0.15) is 17.6 Å². The molecule has 496 valence electrons. The lowest BCUT2D eigenvalue weighted by Gasteiger charge is -2.11. The standard InChI is InChI=1S/2C18H15S.C15H10F2I2O4.C12H8I2O3.C7H6N4O.C3H4F2O2/c2*1-4-10-16(11-5-1)19(17-12-6-2-7-13-17)18-14-8-3-9-15-18;1-15(16,17)14(21)23-9-4-2-8(3-5-9)22-13-7-10(18)12(20)6-11(13)19;13-9-6-12(10(14)5-11(9)16)17-8-3-1-7(15)2-4-8;12-7(10-3-1-8-5-10)11-4-2-9-6-11;1-3(4,5)2(6)7/h2*1-15H;2-7,20H,1H3;1-6,15-16H;1-6H;1H3,(H,6,7)/q2*+1;;;;. The van der Waals surface area contributed by atoms with Gasteiger partial charge in [0, 0.05) is 38.6 Å². The minimum atomic E-state index is -3.58. The molecule has 0 unspecified atom stereocenters. The van der Waals surface area contributed by atoms with Crippen molar-refractivity contribution < 1.29 is 66.6 Å². The van der Waals surface area contributed by atoms with E-state index in [1.165, 1.54) is 75.4 Å². The van der Waals surface area contributed by atoms with E-state index in [2.05, 4.69) is 219 Å². The summed E-state index contributed by atoms with van der Waals surface area (Å²) in [5.74, 6) is -7.94. The number of rotatable bonds is 13. The smallest absolute Gasteiger partial charge is 0.382 e. The van der Waals surface area contributed by atoms with Gasteiger partial charge in [0.05, 0.1) is 36.1 Å². The Kier molecular flexibility index (Phi) is 29.7. The van der Waals surface area contributed by atoms with E-state index in [1.54, 1.807) is 73.3 Å². The third-order valence-corrected chi connectivity index (χ3v) is 20.3. The van der Waals surface area contributed by atoms with Crippen LogP contribution in [0, 0.1) is 14.3 Å². The van der Waals surface area contributed by atoms with Crippen molar-refractivity contribution >= 4 is 130 Å². The van der Waals surface area contributed by atoms with E-state index >= 15 is 0 Å². The lowest BCUT2D eigenvalue weighted by molar-refractivity contribution is -0.162. The minimum Gasteiger partial charge on any atom is -0.508 e. The maximum Gasteiger partial charge on any atom is 0.382 e. The van der Waals surface area contributed by atoms with E-state index in [-0.39, 0.29) is 50.8 Å². The summed E-state index contributed by atoms with van der Waals surface area (Å²) in [6.07, 6.45) is 9.17. The van der Waals surface area contributed by atoms with E-state index in [1.807, 2.05) is 67.8 Å². The van der Waals surface area contributed by atoms with Crippen LogP contribution in [-0.4, -0.2) is 69.3 Å². The van der Waals surface area contributed by atoms with Crippen molar-refractivity contribution in [2.75, 3.05) is 0 Å². The van der Waals surface area contributed by atoms with E-state index in [0.717, 1.165) is 7.14 Å². The Morgan fingerprint density at radius 1 is 0.412 bits per heavy atom. The molecule has 0 aliphatic carbocycles. The van der Waals surface area contributed by atoms with Crippen LogP contribution in [0.15, 0.2) is 322 Å². The number of alkyl halides is 4. The lowest BCUT2D eigenvalue weighted by Crippen LogP contribution is -2.29. The minimum absolute atomic E-state index is 0.00106. The van der Waals surface area contributed by atoms with Gasteiger partial charge in [-0.05, 0) is 236 Å². The van der Waals surface area contributed by atoms with Gasteiger partial charge < -0.3 is 34.6 Å². The third-order valence-electron chi connectivity index (χ3n) is 12.4. The molecule has 0 aliphatic heterocycles. The number of phenols is 3. The number of aromatic nitrogens is 4. The molecule has 0 bridgehead atoms. The SMILES string of the molecule is CC(F)(F)C(=O)O.CC(F)(F)C(=O)Oc1ccc(Oc2cc(I)c(O)cc2I)cc1.O=C(n1ccnc1)n1ccnc1.Oc1ccc(Oc2cc(I)c(O)cc2I)cc1.c1ccc([S+](c2ccccc2)c2ccccc2)cc1.c1ccc([S+](c2ccccc2)c2ccccc2)cc1. The molecule has 0 atom stereocenters. The highest BCUT2D eigenvalue weighted by Crippen LogP contribution is 2.37. The predicted octanol–water partition coefficient (Wildman–Crippen LogP) is 19.9. The summed E-state index contributed by atoms with van der Waals surface area (Å²) in [5, 5.41) is 35.8. The quantitative estimate of drug-likeness (QED) is 0.0281. The molecule has 2 heterocycles. The average Bonchev–Trinajstić information content (AvgIpc) is 1.67. The monoisotopic (exact) mass is 1800 g/mol. The summed E-state index contributed by atoms with van der Waals surface area (Å²) < 4.78 is 69.6. The number of imidazole rings is 2. The molecule has 12 rings (SSSR count). The Labute approximate surface area is 617 Å². The number of halogens is 8. The van der Waals surface area contributed by atoms with Gasteiger partial charge in [0.15, 0.2) is 29.4 Å². The van der Waals surface area contributed by atoms with Crippen LogP contribution in [0.1, 0.15) is 13.8 Å². The number of carbonyl (C=O) groups is 3. The topological polar surface area (TPSA) is 195 Å². The molecule has 0 saturated heterocycles. The van der Waals surface area contributed by atoms with Gasteiger partial charge in [0.2, 0.25) is 0 Å². The maximum atomic E-state index is 12.8. The number of benzene rings is 10. The first-order valence-corrected chi connectivity index (χ1v) is 35.3. The number of hydrogen-bond acceptors (Lipinski definition) is 11. The van der Waals surface area contributed by atoms with Crippen molar-refractivity contribution in [3.8, 4) is 46.0 Å². The third kappa shape index (κ3) is 24.6. The first-order chi connectivity index (χ1) is 46.4. The summed E-state index contributed by atoms with van der Waals surface area (Å²) in [6, 6.07) is 83.0. The van der Waals surface area contributed by atoms with Crippen LogP contribution in [0.3, 0.4) is 0 Å². The number of nitrogens with zero attached hydrogens (tertiary/aromatic N) is 4. The van der Waals surface area contributed by atoms with Crippen molar-refractivity contribution in [2.24, 2.45) is 0 Å². The molecule has 0 fully saturated rings. The van der Waals surface area contributed by atoms with Crippen molar-refractivity contribution in [2.45, 2.75) is 55.1 Å². The van der Waals surface area contributed by atoms with Gasteiger partial charge >= 0.3 is 29.8 Å². The first kappa shape index (κ1) is 75.9. The van der Waals surface area contributed by atoms with Gasteiger partial charge in [0.1, 0.15) is 58.7 Å². The highest BCUT2D eigenvalue weighted by Gasteiger charge is 2.35. The van der Waals surface area contributed by atoms with E-state index in [0.29, 0.717) is 44.0 Å². The number of hydrogen-bond donors (Lipinski definition) is 4. The molecular weight excluding hydrogens is 1740 g/mol. The fourth-order valence-electron chi connectivity index (χ4n) is 7.77. The van der Waals surface area contributed by atoms with Gasteiger partial charge in [-0.25, -0.2) is 24.4 Å². The van der Waals surface area contributed by atoms with Crippen molar-refractivity contribution in [3.63, 3.8) is 0 Å². The summed E-state index contributed by atoms with van der Waals surface area (Å²) in [6.45, 7) is 0.802. The molecule has 24 heteroatoms. The van der Waals surface area contributed by atoms with Crippen molar-refractivity contribution in [1.82, 2.24) is 19.1 Å². The van der Waals surface area contributed by atoms with E-state index < -0.39 is 23.8 Å². The maximum absolute atomic E-state index is 12.8. The summed E-state index contributed by atoms with van der Waals surface area (Å²) in [4.78, 5) is 47.5. The second-order valence-corrected chi connectivity index (χ2v) is 28.5. The van der Waals surface area contributed by atoms with Crippen LogP contribution in [-0.2, 0) is 31.4 Å². The number of phenolic OH excluding ortho intramolecular Hbond substituents is 3. The lowest BCUT2D eigenvalue weighted by atomic mass is 10.3. The normalized spacial score (nSPS) is 10.6. The number of carboxylic acid groups (broad SMARTS) is 1. The second kappa shape index (κ2) is 37.9. The van der Waals surface area contributed by atoms with Gasteiger partial charge in [-0.15, -0.1) is 0 Å². The largest absolute Gasteiger partial charge is 0.508 e. The highest BCUT2D eigenvalue weighted by molar-refractivity contribution is 14.1. The number of esters is 1. The molecule has 2 aromatic heterocycles. The van der Waals surface area contributed by atoms with E-state index in [9.17, 15) is 42.2 Å². The molecule has 14 nitrogen and oxygen atoms in total. The number of carboxylic acids is 1. The fraction of sp³-hybridized carbons (Fsp3) is 0.0548. The Balaban J connectivity index is 0.000000168. The summed E-state index contributed by atoms with van der Waals surface area (Å²) in [5.41, 5.74) is 0. The van der Waals surface area contributed by atoms with Crippen LogP contribution in [0.2, 0.25) is 0 Å². The summed E-state index contributed by atoms with van der Waals surface area (Å²) >= 11 is 8.13. The van der Waals surface area contributed by atoms with Crippen molar-refractivity contribution in [1.29, 1.82) is 0 Å². The fourth-order valence-corrected chi connectivity index (χ4v) is 14.0. The molecule has 0 radical (unpaired) electrons. The Bertz CT molecular complexity index is 4030. The molecule has 0 saturated carbocycles. The number of aromatic hydroxyl groups is 3. The zero-order chi connectivity index (χ0) is 69.9. The Morgan fingerprint density at radius 2 is 0.691 bits per heavy atom. The molecular formula is C73H58F4I4N4O10S2+2. The van der Waals surface area contributed by atoms with Crippen LogP contribution in [0.4, 0.5) is 22.4 Å². The van der Waals surface area contributed by atoms with Crippen LogP contribution in [0.25, 0.3) is 0 Å². The molecule has 4 N–H and O–H groups in total. The molecule has 97 heavy (non-hydrogen) atoms. The highest BCUT2D eigenvalue weighted by atomic mass is 127. The number of ether oxygens (including phenoxy) is 3. The zero-order valence-corrected chi connectivity index (χ0v) is 61.3. The molecule has 12 aromatic rings. The molecule has 10 aromatic carbocycles. The molecule has 0 spiro atoms. The van der Waals surface area contributed by atoms with Gasteiger partial charge in [0.25, 0.3) is 0 Å². The van der Waals surface area contributed by atoms with Crippen LogP contribution in [0.5, 0.6) is 46.0 Å². The second-order valence-electron chi connectivity index (χ2n) is 19.8. The van der Waals surface area contributed by atoms with Gasteiger partial charge in [-0.3, -0.25) is 9.13 Å². The first-order valence-electron chi connectivity index (χ1n) is 28.6. The summed E-state index contributed by atoms with van der Waals surface area (Å²) in [7, 11) is -0.0293.